The Morgan fingerprint density at radius 2 is 2.06 bits per heavy atom. The van der Waals surface area contributed by atoms with Crippen molar-refractivity contribution in [1.29, 1.82) is 0 Å². The van der Waals surface area contributed by atoms with E-state index >= 15 is 0 Å². The molecule has 0 saturated carbocycles. The van der Waals surface area contributed by atoms with Gasteiger partial charge in [0, 0.05) is 21.2 Å². The van der Waals surface area contributed by atoms with Gasteiger partial charge in [0.15, 0.2) is 0 Å². The third-order valence-electron chi connectivity index (χ3n) is 3.11. The number of carboxylic acids is 1. The normalized spacial score (nSPS) is 20.6. The topological polar surface area (TPSA) is 66.8 Å². The highest BCUT2D eigenvalue weighted by atomic mass is 28.3. The van der Waals surface area contributed by atoms with Crippen LogP contribution in [0.15, 0.2) is 0 Å². The fourth-order valence-electron chi connectivity index (χ4n) is 1.88. The highest BCUT2D eigenvalue weighted by molar-refractivity contribution is 6.76. The number of carboxylic acid groups (broad SMARTS) is 1. The smallest absolute Gasteiger partial charge is 0.409 e. The molecule has 0 spiro atoms. The van der Waals surface area contributed by atoms with Crippen molar-refractivity contribution >= 4 is 20.1 Å². The molecule has 1 N–H and O–H groups in total. The Kier molecular flexibility index (Phi) is 5.19. The van der Waals surface area contributed by atoms with Gasteiger partial charge in [-0.2, -0.15) is 0 Å². The molecular weight excluding hydrogens is 250 g/mol. The number of hydrogen-bond acceptors (Lipinski definition) is 3. The summed E-state index contributed by atoms with van der Waals surface area (Å²) in [5, 5.41) is 8.95. The third kappa shape index (κ3) is 5.08. The molecule has 1 amide bonds. The first-order chi connectivity index (χ1) is 8.29. The molecule has 1 aliphatic rings. The molecule has 6 heteroatoms. The molecule has 0 aromatic carbocycles. The number of aliphatic carboxylic acids is 1. The second-order valence-electron chi connectivity index (χ2n) is 6.05. The van der Waals surface area contributed by atoms with Crippen LogP contribution in [0.5, 0.6) is 0 Å². The second kappa shape index (κ2) is 6.22. The molecule has 1 saturated heterocycles. The fourth-order valence-corrected chi connectivity index (χ4v) is 2.59. The van der Waals surface area contributed by atoms with Crippen molar-refractivity contribution in [3.63, 3.8) is 0 Å². The van der Waals surface area contributed by atoms with Crippen LogP contribution in [0.2, 0.25) is 25.7 Å². The van der Waals surface area contributed by atoms with Gasteiger partial charge in [-0.1, -0.05) is 19.6 Å². The number of piperidine rings is 1. The van der Waals surface area contributed by atoms with Gasteiger partial charge >= 0.3 is 12.1 Å². The zero-order valence-corrected chi connectivity index (χ0v) is 12.4. The minimum atomic E-state index is -1.19. The number of hydrogen-bond donors (Lipinski definition) is 1. The van der Waals surface area contributed by atoms with Gasteiger partial charge < -0.3 is 14.7 Å². The summed E-state index contributed by atoms with van der Waals surface area (Å²) in [6, 6.07) is 0.939. The number of likely N-dealkylation sites (tertiary alicyclic amines) is 1. The molecule has 1 fully saturated rings. The Hall–Kier alpha value is -1.04. The van der Waals surface area contributed by atoms with E-state index < -0.39 is 20.0 Å². The van der Waals surface area contributed by atoms with Crippen molar-refractivity contribution in [2.45, 2.75) is 38.5 Å². The van der Waals surface area contributed by atoms with Crippen LogP contribution in [0.25, 0.3) is 0 Å². The molecule has 1 atom stereocenters. The first-order valence-electron chi connectivity index (χ1n) is 6.44. The predicted octanol–water partition coefficient (Wildman–Crippen LogP) is 2.26. The Bertz CT molecular complexity index is 314. The predicted molar refractivity (Wildman–Crippen MR) is 71.4 cm³/mol. The van der Waals surface area contributed by atoms with Crippen molar-refractivity contribution in [3.05, 3.63) is 0 Å². The van der Waals surface area contributed by atoms with Crippen molar-refractivity contribution in [3.8, 4) is 0 Å². The number of carbonyl (C=O) groups excluding carboxylic acids is 1. The summed E-state index contributed by atoms with van der Waals surface area (Å²) in [7, 11) is -1.19. The number of nitrogens with zero attached hydrogens (tertiary/aromatic N) is 1. The number of ether oxygens (including phenoxy) is 1. The molecule has 5 nitrogen and oxygen atoms in total. The molecule has 1 rings (SSSR count). The summed E-state index contributed by atoms with van der Waals surface area (Å²) in [5.74, 6) is -1.27. The van der Waals surface area contributed by atoms with Crippen LogP contribution in [0.4, 0.5) is 4.79 Å². The molecule has 1 heterocycles. The van der Waals surface area contributed by atoms with Crippen LogP contribution in [-0.4, -0.2) is 49.8 Å². The van der Waals surface area contributed by atoms with Crippen molar-refractivity contribution in [2.75, 3.05) is 19.7 Å². The molecule has 0 aliphatic carbocycles. The van der Waals surface area contributed by atoms with Crippen LogP contribution in [-0.2, 0) is 9.53 Å². The minimum absolute atomic E-state index is 0.279. The maximum Gasteiger partial charge on any atom is 0.409 e. The maximum absolute atomic E-state index is 11.8. The number of amides is 1. The standard InChI is InChI=1S/C12H23NO4Si/c1-18(2,3)8-7-17-12(16)13-6-4-5-10(9-13)11(14)15/h10H,4-9H2,1-3H3,(H,14,15). The van der Waals surface area contributed by atoms with E-state index in [4.69, 9.17) is 9.84 Å². The second-order valence-corrected chi connectivity index (χ2v) is 11.7. The van der Waals surface area contributed by atoms with Crippen molar-refractivity contribution in [2.24, 2.45) is 5.92 Å². The first kappa shape index (κ1) is 15.0. The van der Waals surface area contributed by atoms with E-state index in [1.807, 2.05) is 0 Å². The zero-order valence-electron chi connectivity index (χ0n) is 11.4. The van der Waals surface area contributed by atoms with Crippen LogP contribution in [0.3, 0.4) is 0 Å². The largest absolute Gasteiger partial charge is 0.481 e. The molecule has 0 bridgehead atoms. The molecule has 1 unspecified atom stereocenters. The van der Waals surface area contributed by atoms with Crippen LogP contribution < -0.4 is 0 Å². The van der Waals surface area contributed by atoms with Gasteiger partial charge in [0.05, 0.1) is 12.5 Å². The lowest BCUT2D eigenvalue weighted by Gasteiger charge is -2.30. The van der Waals surface area contributed by atoms with Gasteiger partial charge in [0.1, 0.15) is 0 Å². The maximum atomic E-state index is 11.8. The number of carbonyl (C=O) groups is 2. The van der Waals surface area contributed by atoms with E-state index in [2.05, 4.69) is 19.6 Å². The van der Waals surface area contributed by atoms with Gasteiger partial charge in [-0.15, -0.1) is 0 Å². The summed E-state index contributed by atoms with van der Waals surface area (Å²) in [6.45, 7) is 8.01. The molecule has 0 aromatic heterocycles. The molecule has 0 aromatic rings. The fraction of sp³-hybridized carbons (Fsp3) is 0.833. The lowest BCUT2D eigenvalue weighted by Crippen LogP contribution is -2.42. The van der Waals surface area contributed by atoms with E-state index in [9.17, 15) is 9.59 Å². The Balaban J connectivity index is 2.35. The average Bonchev–Trinajstić information content (AvgIpc) is 2.27. The van der Waals surface area contributed by atoms with E-state index in [1.54, 1.807) is 0 Å². The zero-order chi connectivity index (χ0) is 13.8. The van der Waals surface area contributed by atoms with Crippen molar-refractivity contribution < 1.29 is 19.4 Å². The number of rotatable bonds is 4. The molecular formula is C12H23NO4Si. The van der Waals surface area contributed by atoms with E-state index in [1.165, 1.54) is 4.90 Å². The summed E-state index contributed by atoms with van der Waals surface area (Å²) >= 11 is 0. The van der Waals surface area contributed by atoms with Crippen LogP contribution in [0, 0.1) is 5.92 Å². The summed E-state index contributed by atoms with van der Waals surface area (Å²) < 4.78 is 5.21. The van der Waals surface area contributed by atoms with E-state index in [0.717, 1.165) is 12.5 Å². The van der Waals surface area contributed by atoms with Gasteiger partial charge in [0.2, 0.25) is 0 Å². The minimum Gasteiger partial charge on any atom is -0.481 e. The van der Waals surface area contributed by atoms with Crippen LogP contribution >= 0.6 is 0 Å². The van der Waals surface area contributed by atoms with Crippen LogP contribution in [0.1, 0.15) is 12.8 Å². The highest BCUT2D eigenvalue weighted by Gasteiger charge is 2.29. The lowest BCUT2D eigenvalue weighted by molar-refractivity contribution is -0.143. The molecule has 18 heavy (non-hydrogen) atoms. The summed E-state index contributed by atoms with van der Waals surface area (Å²) in [5.41, 5.74) is 0. The molecule has 1 aliphatic heterocycles. The lowest BCUT2D eigenvalue weighted by atomic mass is 9.99. The third-order valence-corrected chi connectivity index (χ3v) is 4.81. The van der Waals surface area contributed by atoms with Gasteiger partial charge in [-0.25, -0.2) is 4.79 Å². The summed E-state index contributed by atoms with van der Waals surface area (Å²) in [4.78, 5) is 24.2. The first-order valence-corrected chi connectivity index (χ1v) is 10.1. The monoisotopic (exact) mass is 273 g/mol. The van der Waals surface area contributed by atoms with Crippen molar-refractivity contribution in [1.82, 2.24) is 4.90 Å². The average molecular weight is 273 g/mol. The van der Waals surface area contributed by atoms with Gasteiger partial charge in [-0.05, 0) is 18.9 Å². The quantitative estimate of drug-likeness (QED) is 0.798. The Morgan fingerprint density at radius 3 is 2.61 bits per heavy atom. The Morgan fingerprint density at radius 1 is 1.39 bits per heavy atom. The molecule has 104 valence electrons. The molecule has 0 radical (unpaired) electrons. The summed E-state index contributed by atoms with van der Waals surface area (Å²) in [6.07, 6.45) is 1.02. The highest BCUT2D eigenvalue weighted by Crippen LogP contribution is 2.17. The Labute approximate surface area is 109 Å². The van der Waals surface area contributed by atoms with Gasteiger partial charge in [-0.3, -0.25) is 4.79 Å². The SMILES string of the molecule is C[Si](C)(C)CCOC(=O)N1CCCC(C(=O)O)C1. The van der Waals surface area contributed by atoms with E-state index in [0.29, 0.717) is 19.6 Å². The van der Waals surface area contributed by atoms with E-state index in [-0.39, 0.29) is 12.6 Å². The van der Waals surface area contributed by atoms with Gasteiger partial charge in [0.25, 0.3) is 0 Å².